The molecule has 0 aliphatic heterocycles. The highest BCUT2D eigenvalue weighted by Crippen LogP contribution is 2.29. The lowest BCUT2D eigenvalue weighted by atomic mass is 10.1. The zero-order chi connectivity index (χ0) is 13.3. The maximum atomic E-state index is 14.0. The van der Waals surface area contributed by atoms with Crippen molar-refractivity contribution in [2.24, 2.45) is 0 Å². The SMILES string of the molecule is COc1ccc(-c2nc(C)nc(Cl)c2C)c(F)c1. The Hall–Kier alpha value is -1.68. The molecular weight excluding hydrogens is 255 g/mol. The Balaban J connectivity index is 2.62. The molecule has 0 saturated carbocycles. The van der Waals surface area contributed by atoms with E-state index in [1.54, 1.807) is 26.0 Å². The van der Waals surface area contributed by atoms with Crippen LogP contribution in [0.25, 0.3) is 11.3 Å². The third kappa shape index (κ3) is 2.29. The molecule has 94 valence electrons. The molecule has 1 heterocycles. The summed E-state index contributed by atoms with van der Waals surface area (Å²) in [5.41, 5.74) is 1.56. The van der Waals surface area contributed by atoms with E-state index in [2.05, 4.69) is 9.97 Å². The highest BCUT2D eigenvalue weighted by atomic mass is 35.5. The summed E-state index contributed by atoms with van der Waals surface area (Å²) < 4.78 is 18.9. The third-order valence-corrected chi connectivity index (χ3v) is 3.00. The molecule has 0 atom stereocenters. The van der Waals surface area contributed by atoms with Crippen molar-refractivity contribution < 1.29 is 9.13 Å². The van der Waals surface area contributed by atoms with E-state index in [-0.39, 0.29) is 0 Å². The first-order chi connectivity index (χ1) is 8.52. The summed E-state index contributed by atoms with van der Waals surface area (Å²) in [4.78, 5) is 8.27. The Morgan fingerprint density at radius 3 is 2.56 bits per heavy atom. The number of aromatic nitrogens is 2. The van der Waals surface area contributed by atoms with Gasteiger partial charge in [0, 0.05) is 17.2 Å². The van der Waals surface area contributed by atoms with E-state index in [1.807, 2.05) is 0 Å². The van der Waals surface area contributed by atoms with E-state index in [1.165, 1.54) is 13.2 Å². The van der Waals surface area contributed by atoms with Gasteiger partial charge >= 0.3 is 0 Å². The van der Waals surface area contributed by atoms with E-state index in [0.717, 1.165) is 0 Å². The minimum Gasteiger partial charge on any atom is -0.497 e. The molecule has 0 aliphatic carbocycles. The smallest absolute Gasteiger partial charge is 0.136 e. The van der Waals surface area contributed by atoms with Gasteiger partial charge in [-0.25, -0.2) is 14.4 Å². The van der Waals surface area contributed by atoms with E-state index in [0.29, 0.717) is 33.5 Å². The largest absolute Gasteiger partial charge is 0.497 e. The summed E-state index contributed by atoms with van der Waals surface area (Å²) in [5.74, 6) is 0.577. The minimum atomic E-state index is -0.397. The van der Waals surface area contributed by atoms with Crippen LogP contribution in [0.15, 0.2) is 18.2 Å². The zero-order valence-corrected chi connectivity index (χ0v) is 11.0. The normalized spacial score (nSPS) is 10.5. The summed E-state index contributed by atoms with van der Waals surface area (Å²) in [6, 6.07) is 4.63. The summed E-state index contributed by atoms with van der Waals surface area (Å²) >= 11 is 5.98. The van der Waals surface area contributed by atoms with Gasteiger partial charge in [-0.2, -0.15) is 0 Å². The maximum Gasteiger partial charge on any atom is 0.136 e. The first kappa shape index (κ1) is 12.8. The summed E-state index contributed by atoms with van der Waals surface area (Å²) in [7, 11) is 1.49. The first-order valence-corrected chi connectivity index (χ1v) is 5.75. The van der Waals surface area contributed by atoms with Gasteiger partial charge in [0.1, 0.15) is 22.5 Å². The molecule has 0 saturated heterocycles. The average Bonchev–Trinajstić information content (AvgIpc) is 2.34. The van der Waals surface area contributed by atoms with Crippen LogP contribution in [0.4, 0.5) is 4.39 Å². The second-order valence-electron chi connectivity index (χ2n) is 3.88. The number of rotatable bonds is 2. The number of ether oxygens (including phenoxy) is 1. The number of benzene rings is 1. The monoisotopic (exact) mass is 266 g/mol. The van der Waals surface area contributed by atoms with Crippen molar-refractivity contribution in [3.63, 3.8) is 0 Å². The lowest BCUT2D eigenvalue weighted by Gasteiger charge is -2.09. The van der Waals surface area contributed by atoms with E-state index in [9.17, 15) is 4.39 Å². The highest BCUT2D eigenvalue weighted by molar-refractivity contribution is 6.30. The van der Waals surface area contributed by atoms with Crippen LogP contribution in [0.1, 0.15) is 11.4 Å². The van der Waals surface area contributed by atoms with Crippen molar-refractivity contribution in [3.05, 3.63) is 40.6 Å². The van der Waals surface area contributed by atoms with Gasteiger partial charge in [0.05, 0.1) is 12.8 Å². The van der Waals surface area contributed by atoms with Gasteiger partial charge in [-0.05, 0) is 26.0 Å². The van der Waals surface area contributed by atoms with Gasteiger partial charge < -0.3 is 4.74 Å². The van der Waals surface area contributed by atoms with Crippen LogP contribution < -0.4 is 4.74 Å². The lowest BCUT2D eigenvalue weighted by Crippen LogP contribution is -1.98. The van der Waals surface area contributed by atoms with Gasteiger partial charge in [-0.1, -0.05) is 11.6 Å². The highest BCUT2D eigenvalue weighted by Gasteiger charge is 2.14. The Labute approximate surface area is 110 Å². The topological polar surface area (TPSA) is 35.0 Å². The van der Waals surface area contributed by atoms with Crippen molar-refractivity contribution in [2.75, 3.05) is 7.11 Å². The molecule has 1 aromatic heterocycles. The Kier molecular flexibility index (Phi) is 3.48. The predicted octanol–water partition coefficient (Wildman–Crippen LogP) is 3.56. The third-order valence-electron chi connectivity index (χ3n) is 2.63. The van der Waals surface area contributed by atoms with E-state index < -0.39 is 5.82 Å². The summed E-state index contributed by atoms with van der Waals surface area (Å²) in [6.07, 6.45) is 0. The van der Waals surface area contributed by atoms with Crippen molar-refractivity contribution in [1.82, 2.24) is 9.97 Å². The molecule has 0 amide bonds. The molecule has 0 aliphatic rings. The van der Waals surface area contributed by atoms with Gasteiger partial charge in [-0.3, -0.25) is 0 Å². The Bertz CT molecular complexity index is 602. The quantitative estimate of drug-likeness (QED) is 0.780. The fourth-order valence-electron chi connectivity index (χ4n) is 1.67. The second kappa shape index (κ2) is 4.90. The number of nitrogens with zero attached hydrogens (tertiary/aromatic N) is 2. The predicted molar refractivity (Wildman–Crippen MR) is 68.5 cm³/mol. The first-order valence-electron chi connectivity index (χ1n) is 5.37. The molecule has 2 rings (SSSR count). The molecule has 0 N–H and O–H groups in total. The number of methoxy groups -OCH3 is 1. The molecule has 0 radical (unpaired) electrons. The molecule has 1 aromatic carbocycles. The zero-order valence-electron chi connectivity index (χ0n) is 10.3. The van der Waals surface area contributed by atoms with Crippen LogP contribution in [-0.2, 0) is 0 Å². The maximum absolute atomic E-state index is 14.0. The summed E-state index contributed by atoms with van der Waals surface area (Å²) in [5, 5.41) is 0.340. The average molecular weight is 267 g/mol. The molecule has 5 heteroatoms. The van der Waals surface area contributed by atoms with E-state index >= 15 is 0 Å². The molecule has 0 unspecified atom stereocenters. The minimum absolute atomic E-state index is 0.340. The van der Waals surface area contributed by atoms with Crippen LogP contribution in [0.5, 0.6) is 5.75 Å². The number of halogens is 2. The van der Waals surface area contributed by atoms with Gasteiger partial charge in [0.2, 0.25) is 0 Å². The van der Waals surface area contributed by atoms with Crippen molar-refractivity contribution in [1.29, 1.82) is 0 Å². The number of hydrogen-bond acceptors (Lipinski definition) is 3. The summed E-state index contributed by atoms with van der Waals surface area (Å²) in [6.45, 7) is 3.48. The van der Waals surface area contributed by atoms with Crippen molar-refractivity contribution in [3.8, 4) is 17.0 Å². The van der Waals surface area contributed by atoms with Gasteiger partial charge in [0.15, 0.2) is 0 Å². The van der Waals surface area contributed by atoms with Crippen molar-refractivity contribution >= 4 is 11.6 Å². The standard InChI is InChI=1S/C13H12ClFN2O/c1-7-12(16-8(2)17-13(7)14)10-5-4-9(18-3)6-11(10)15/h4-6H,1-3H3. The van der Waals surface area contributed by atoms with Crippen molar-refractivity contribution in [2.45, 2.75) is 13.8 Å². The Morgan fingerprint density at radius 2 is 1.94 bits per heavy atom. The fraction of sp³-hybridized carbons (Fsp3) is 0.231. The lowest BCUT2D eigenvalue weighted by molar-refractivity contribution is 0.411. The number of hydrogen-bond donors (Lipinski definition) is 0. The van der Waals surface area contributed by atoms with Crippen LogP contribution in [0, 0.1) is 19.7 Å². The molecule has 0 spiro atoms. The fourth-order valence-corrected chi connectivity index (χ4v) is 1.88. The van der Waals surface area contributed by atoms with Crippen LogP contribution in [0.3, 0.4) is 0 Å². The van der Waals surface area contributed by atoms with Crippen LogP contribution >= 0.6 is 11.6 Å². The second-order valence-corrected chi connectivity index (χ2v) is 4.24. The number of aryl methyl sites for hydroxylation is 1. The molecule has 0 fully saturated rings. The van der Waals surface area contributed by atoms with Gasteiger partial charge in [-0.15, -0.1) is 0 Å². The molecule has 2 aromatic rings. The Morgan fingerprint density at radius 1 is 1.22 bits per heavy atom. The van der Waals surface area contributed by atoms with Gasteiger partial charge in [0.25, 0.3) is 0 Å². The van der Waals surface area contributed by atoms with Crippen LogP contribution in [-0.4, -0.2) is 17.1 Å². The van der Waals surface area contributed by atoms with Crippen LogP contribution in [0.2, 0.25) is 5.15 Å². The molecule has 0 bridgehead atoms. The molecule has 18 heavy (non-hydrogen) atoms. The van der Waals surface area contributed by atoms with E-state index in [4.69, 9.17) is 16.3 Å². The molecule has 3 nitrogen and oxygen atoms in total. The molecular formula is C13H12ClFN2O.